The number of carbonyl (C=O) groups is 1. The molecule has 1 amide bonds. The molecule has 1 aromatic carbocycles. The third kappa shape index (κ3) is 2.75. The first-order valence-electron chi connectivity index (χ1n) is 8.07. The molecule has 0 spiro atoms. The second-order valence-corrected chi connectivity index (χ2v) is 6.18. The van der Waals surface area contributed by atoms with Gasteiger partial charge in [0.25, 0.3) is 5.91 Å². The molecule has 128 valence electrons. The third-order valence-corrected chi connectivity index (χ3v) is 4.62. The normalized spacial score (nSPS) is 20.2. The molecule has 0 aliphatic carbocycles. The SMILES string of the molecule is CCC(C)(O)c1cn(C2CCN(c3ccccc3OC)C2=O)nn1. The van der Waals surface area contributed by atoms with E-state index in [-0.39, 0.29) is 5.91 Å². The second-order valence-electron chi connectivity index (χ2n) is 6.18. The Kier molecular flexibility index (Phi) is 4.28. The van der Waals surface area contributed by atoms with E-state index in [0.29, 0.717) is 30.8 Å². The number of hydrogen-bond donors (Lipinski definition) is 1. The molecule has 0 radical (unpaired) electrons. The summed E-state index contributed by atoms with van der Waals surface area (Å²) in [6.45, 7) is 4.16. The van der Waals surface area contributed by atoms with Crippen LogP contribution in [0.5, 0.6) is 5.75 Å². The first kappa shape index (κ1) is 16.4. The molecule has 2 unspecified atom stereocenters. The van der Waals surface area contributed by atoms with Gasteiger partial charge in [-0.1, -0.05) is 24.3 Å². The molecule has 2 aromatic rings. The fourth-order valence-electron chi connectivity index (χ4n) is 2.86. The largest absolute Gasteiger partial charge is 0.495 e. The molecule has 2 atom stereocenters. The average molecular weight is 330 g/mol. The summed E-state index contributed by atoms with van der Waals surface area (Å²) in [4.78, 5) is 14.5. The van der Waals surface area contributed by atoms with E-state index in [2.05, 4.69) is 10.3 Å². The summed E-state index contributed by atoms with van der Waals surface area (Å²) in [6.07, 6.45) is 2.82. The van der Waals surface area contributed by atoms with Crippen LogP contribution >= 0.6 is 0 Å². The van der Waals surface area contributed by atoms with Crippen LogP contribution < -0.4 is 9.64 Å². The maximum Gasteiger partial charge on any atom is 0.252 e. The molecule has 1 aromatic heterocycles. The highest BCUT2D eigenvalue weighted by atomic mass is 16.5. The van der Waals surface area contributed by atoms with Crippen molar-refractivity contribution >= 4 is 11.6 Å². The number of aliphatic hydroxyl groups is 1. The van der Waals surface area contributed by atoms with E-state index >= 15 is 0 Å². The van der Waals surface area contributed by atoms with Gasteiger partial charge in [-0.15, -0.1) is 5.10 Å². The number of amides is 1. The Balaban J connectivity index is 1.85. The van der Waals surface area contributed by atoms with E-state index in [1.54, 1.807) is 29.8 Å². The van der Waals surface area contributed by atoms with Gasteiger partial charge in [-0.05, 0) is 31.9 Å². The highest BCUT2D eigenvalue weighted by Gasteiger charge is 2.36. The molecule has 1 aliphatic heterocycles. The van der Waals surface area contributed by atoms with Crippen LogP contribution in [-0.2, 0) is 10.4 Å². The zero-order chi connectivity index (χ0) is 17.3. The van der Waals surface area contributed by atoms with Crippen LogP contribution in [0.3, 0.4) is 0 Å². The Hall–Kier alpha value is -2.41. The number of aromatic nitrogens is 3. The van der Waals surface area contributed by atoms with E-state index < -0.39 is 11.6 Å². The lowest BCUT2D eigenvalue weighted by molar-refractivity contribution is -0.120. The molecule has 7 heteroatoms. The molecule has 7 nitrogen and oxygen atoms in total. The summed E-state index contributed by atoms with van der Waals surface area (Å²) in [5.41, 5.74) is 0.198. The van der Waals surface area contributed by atoms with Crippen molar-refractivity contribution in [2.75, 3.05) is 18.6 Å². The van der Waals surface area contributed by atoms with Crippen LogP contribution in [0.25, 0.3) is 0 Å². The number of benzene rings is 1. The van der Waals surface area contributed by atoms with Gasteiger partial charge in [0.15, 0.2) is 0 Å². The average Bonchev–Trinajstić information content (AvgIpc) is 3.22. The number of rotatable bonds is 5. The Morgan fingerprint density at radius 3 is 2.88 bits per heavy atom. The zero-order valence-corrected chi connectivity index (χ0v) is 14.1. The van der Waals surface area contributed by atoms with Gasteiger partial charge in [0.1, 0.15) is 23.1 Å². The van der Waals surface area contributed by atoms with Crippen molar-refractivity contribution in [3.8, 4) is 5.75 Å². The lowest BCUT2D eigenvalue weighted by atomic mass is 10.0. The van der Waals surface area contributed by atoms with Gasteiger partial charge < -0.3 is 14.7 Å². The molecule has 3 rings (SSSR count). The number of ether oxygens (including phenoxy) is 1. The molecule has 0 saturated carbocycles. The van der Waals surface area contributed by atoms with Gasteiger partial charge in [-0.25, -0.2) is 4.68 Å². The zero-order valence-electron chi connectivity index (χ0n) is 14.1. The van der Waals surface area contributed by atoms with E-state index in [4.69, 9.17) is 4.74 Å². The molecule has 1 N–H and O–H groups in total. The molecule has 0 bridgehead atoms. The summed E-state index contributed by atoms with van der Waals surface area (Å²) in [5.74, 6) is 0.617. The van der Waals surface area contributed by atoms with Gasteiger partial charge in [0.05, 0.1) is 19.0 Å². The van der Waals surface area contributed by atoms with E-state index in [1.807, 2.05) is 31.2 Å². The van der Waals surface area contributed by atoms with Gasteiger partial charge in [-0.2, -0.15) is 0 Å². The molecular formula is C17H22N4O3. The van der Waals surface area contributed by atoms with Gasteiger partial charge in [0, 0.05) is 6.54 Å². The van der Waals surface area contributed by atoms with Crippen LogP contribution in [0.1, 0.15) is 38.4 Å². The third-order valence-electron chi connectivity index (χ3n) is 4.62. The van der Waals surface area contributed by atoms with E-state index in [0.717, 1.165) is 5.69 Å². The van der Waals surface area contributed by atoms with Crippen molar-refractivity contribution in [2.24, 2.45) is 0 Å². The summed E-state index contributed by atoms with van der Waals surface area (Å²) in [5, 5.41) is 18.4. The van der Waals surface area contributed by atoms with Crippen molar-refractivity contribution in [3.63, 3.8) is 0 Å². The number of anilines is 1. The molecule has 24 heavy (non-hydrogen) atoms. The predicted octanol–water partition coefficient (Wildman–Crippen LogP) is 1.88. The second kappa shape index (κ2) is 6.24. The van der Waals surface area contributed by atoms with Gasteiger partial charge >= 0.3 is 0 Å². The quantitative estimate of drug-likeness (QED) is 0.905. The van der Waals surface area contributed by atoms with Crippen molar-refractivity contribution in [3.05, 3.63) is 36.2 Å². The van der Waals surface area contributed by atoms with Crippen molar-refractivity contribution < 1.29 is 14.6 Å². The van der Waals surface area contributed by atoms with Gasteiger partial charge in [0.2, 0.25) is 0 Å². The van der Waals surface area contributed by atoms with Crippen LogP contribution in [0, 0.1) is 0 Å². The summed E-state index contributed by atoms with van der Waals surface area (Å²) < 4.78 is 6.90. The molecular weight excluding hydrogens is 308 g/mol. The molecule has 1 fully saturated rings. The molecule has 1 saturated heterocycles. The number of methoxy groups -OCH3 is 1. The van der Waals surface area contributed by atoms with Crippen molar-refractivity contribution in [1.29, 1.82) is 0 Å². The number of para-hydroxylation sites is 2. The van der Waals surface area contributed by atoms with Crippen LogP contribution in [0.15, 0.2) is 30.5 Å². The minimum atomic E-state index is -1.04. The number of nitrogens with zero attached hydrogens (tertiary/aromatic N) is 4. The topological polar surface area (TPSA) is 80.5 Å². The maximum atomic E-state index is 12.8. The van der Waals surface area contributed by atoms with Crippen molar-refractivity contribution in [2.45, 2.75) is 38.3 Å². The van der Waals surface area contributed by atoms with Crippen LogP contribution in [-0.4, -0.2) is 39.7 Å². The standard InChI is InChI=1S/C17H22N4O3/c1-4-17(2,23)15-11-21(19-18-15)13-9-10-20(16(13)22)12-7-5-6-8-14(12)24-3/h5-8,11,13,23H,4,9-10H2,1-3H3. The van der Waals surface area contributed by atoms with Crippen molar-refractivity contribution in [1.82, 2.24) is 15.0 Å². The van der Waals surface area contributed by atoms with E-state index in [1.165, 1.54) is 0 Å². The first-order valence-corrected chi connectivity index (χ1v) is 8.07. The Morgan fingerprint density at radius 1 is 1.42 bits per heavy atom. The minimum Gasteiger partial charge on any atom is -0.495 e. The van der Waals surface area contributed by atoms with E-state index in [9.17, 15) is 9.90 Å². The molecule has 2 heterocycles. The lowest BCUT2D eigenvalue weighted by Crippen LogP contribution is -2.28. The highest BCUT2D eigenvalue weighted by Crippen LogP contribution is 2.34. The smallest absolute Gasteiger partial charge is 0.252 e. The predicted molar refractivity (Wildman–Crippen MR) is 88.9 cm³/mol. The van der Waals surface area contributed by atoms with Gasteiger partial charge in [-0.3, -0.25) is 4.79 Å². The fourth-order valence-corrected chi connectivity index (χ4v) is 2.86. The number of hydrogen-bond acceptors (Lipinski definition) is 5. The maximum absolute atomic E-state index is 12.8. The Labute approximate surface area is 140 Å². The van der Waals surface area contributed by atoms with Crippen LogP contribution in [0.2, 0.25) is 0 Å². The highest BCUT2D eigenvalue weighted by molar-refractivity contribution is 5.99. The Morgan fingerprint density at radius 2 is 2.17 bits per heavy atom. The minimum absolute atomic E-state index is 0.0490. The summed E-state index contributed by atoms with van der Waals surface area (Å²) in [7, 11) is 1.59. The Bertz CT molecular complexity index is 741. The molecule has 1 aliphatic rings. The summed E-state index contributed by atoms with van der Waals surface area (Å²) in [6, 6.07) is 7.04. The fraction of sp³-hybridized carbons (Fsp3) is 0.471. The lowest BCUT2D eigenvalue weighted by Gasteiger charge is -2.19. The van der Waals surface area contributed by atoms with Crippen LogP contribution in [0.4, 0.5) is 5.69 Å². The number of carbonyl (C=O) groups excluding carboxylic acids is 1. The first-order chi connectivity index (χ1) is 11.5. The monoisotopic (exact) mass is 330 g/mol. The summed E-state index contributed by atoms with van der Waals surface area (Å²) >= 11 is 0.